The van der Waals surface area contributed by atoms with Crippen molar-refractivity contribution in [2.75, 3.05) is 0 Å². The largest absolute Gasteiger partial charge is 0.456 e. The van der Waals surface area contributed by atoms with E-state index in [4.69, 9.17) is 26.2 Å². The normalized spacial score (nSPS) is 13.3. The van der Waals surface area contributed by atoms with Gasteiger partial charge in [-0.3, -0.25) is 0 Å². The molecule has 4 aromatic heterocycles. The van der Waals surface area contributed by atoms with Gasteiger partial charge in [-0.15, -0.1) is 11.3 Å². The average molecular weight is 676 g/mol. The molecule has 5 nitrogen and oxygen atoms in total. The summed E-state index contributed by atoms with van der Waals surface area (Å²) in [4.78, 5) is 14.7. The lowest BCUT2D eigenvalue weighted by molar-refractivity contribution is 0.669. The SMILES string of the molecule is [2H]c1c([2H])c([2H])c(-c2nc(-c3ccc4sc5cc(-n6c7ccccc7c7ccccc76)ccc5c4c3)nc(-c3cccc4oc5ccccc5c34)n2)c([2H])c1[2H]. The Hall–Kier alpha value is -6.63. The van der Waals surface area contributed by atoms with Crippen LogP contribution in [0.4, 0.5) is 0 Å². The van der Waals surface area contributed by atoms with Crippen LogP contribution in [-0.4, -0.2) is 19.5 Å². The topological polar surface area (TPSA) is 56.7 Å². The summed E-state index contributed by atoms with van der Waals surface area (Å²) in [5, 5.41) is 6.24. The summed E-state index contributed by atoms with van der Waals surface area (Å²) >= 11 is 1.71. The highest BCUT2D eigenvalue weighted by atomic mass is 32.1. The summed E-state index contributed by atoms with van der Waals surface area (Å²) in [7, 11) is 0. The molecule has 0 atom stereocenters. The van der Waals surface area contributed by atoms with E-state index in [1.807, 2.05) is 48.5 Å². The Bertz CT molecular complexity index is 3380. The lowest BCUT2D eigenvalue weighted by Gasteiger charge is -2.09. The average Bonchev–Trinajstić information content (AvgIpc) is 3.91. The molecule has 7 aromatic carbocycles. The van der Waals surface area contributed by atoms with Crippen LogP contribution < -0.4 is 0 Å². The number of rotatable bonds is 4. The van der Waals surface area contributed by atoms with Crippen molar-refractivity contribution in [3.8, 4) is 39.9 Å². The molecule has 11 aromatic rings. The number of thiophene rings is 1. The molecule has 0 amide bonds. The molecule has 6 heteroatoms. The molecule has 0 saturated carbocycles. The molecule has 0 N–H and O–H groups in total. The fraction of sp³-hybridized carbons (Fsp3) is 0. The van der Waals surface area contributed by atoms with Crippen molar-refractivity contribution >= 4 is 75.3 Å². The summed E-state index contributed by atoms with van der Waals surface area (Å²) < 4.78 is 53.3. The zero-order valence-corrected chi connectivity index (χ0v) is 27.5. The maximum atomic E-state index is 8.78. The first-order valence-electron chi connectivity index (χ1n) is 19.0. The number of fused-ring (bicyclic) bond motifs is 9. The van der Waals surface area contributed by atoms with E-state index in [1.54, 1.807) is 11.3 Å². The predicted molar refractivity (Wildman–Crippen MR) is 211 cm³/mol. The first-order chi connectivity index (χ1) is 27.3. The molecule has 51 heavy (non-hydrogen) atoms. The van der Waals surface area contributed by atoms with Crippen LogP contribution in [0, 0.1) is 0 Å². The zero-order valence-electron chi connectivity index (χ0n) is 31.7. The summed E-state index contributed by atoms with van der Waals surface area (Å²) in [5.74, 6) is 0.586. The maximum Gasteiger partial charge on any atom is 0.164 e. The number of aromatic nitrogens is 4. The molecular weight excluding hydrogens is 645 g/mol. The molecule has 0 bridgehead atoms. The Morgan fingerprint density at radius 2 is 1.20 bits per heavy atom. The van der Waals surface area contributed by atoms with Crippen molar-refractivity contribution in [1.82, 2.24) is 19.5 Å². The van der Waals surface area contributed by atoms with Gasteiger partial charge in [0.05, 0.1) is 17.9 Å². The Morgan fingerprint density at radius 3 is 2.00 bits per heavy atom. The second kappa shape index (κ2) is 10.9. The van der Waals surface area contributed by atoms with E-state index in [0.717, 1.165) is 47.7 Å². The first kappa shape index (κ1) is 23.7. The number of nitrogens with zero attached hydrogens (tertiary/aromatic N) is 4. The molecule has 0 aliphatic carbocycles. The zero-order chi connectivity index (χ0) is 37.8. The van der Waals surface area contributed by atoms with Gasteiger partial charge in [-0.2, -0.15) is 0 Å². The van der Waals surface area contributed by atoms with E-state index in [1.165, 1.54) is 10.8 Å². The monoisotopic (exact) mass is 675 g/mol. The number of hydrogen-bond donors (Lipinski definition) is 0. The molecule has 11 rings (SSSR count). The first-order valence-corrected chi connectivity index (χ1v) is 17.3. The number of para-hydroxylation sites is 3. The smallest absolute Gasteiger partial charge is 0.164 e. The standard InChI is InChI=1S/C45H26N4OS/c1-2-11-27(12-3-1)43-46-44(48-45(47-43)34-16-10-20-39-42(34)33-15-6-9-19-38(33)50-39)28-21-24-40-35(25-28)32-23-22-29(26-41(32)51-40)49-36-17-7-4-13-30(36)31-14-5-8-18-37(31)49/h1-26H/i1D,2D,3D,11D,12D. The second-order valence-corrected chi connectivity index (χ2v) is 13.5. The molecule has 238 valence electrons. The fourth-order valence-corrected chi connectivity index (χ4v) is 8.42. The minimum Gasteiger partial charge on any atom is -0.456 e. The van der Waals surface area contributed by atoms with Gasteiger partial charge >= 0.3 is 0 Å². The van der Waals surface area contributed by atoms with Crippen molar-refractivity contribution < 1.29 is 11.3 Å². The van der Waals surface area contributed by atoms with Crippen LogP contribution in [0.5, 0.6) is 0 Å². The van der Waals surface area contributed by atoms with Gasteiger partial charge in [0.25, 0.3) is 0 Å². The van der Waals surface area contributed by atoms with Crippen LogP contribution in [0.1, 0.15) is 6.85 Å². The summed E-state index contributed by atoms with van der Waals surface area (Å²) in [6, 6.07) is 40.8. The molecule has 0 saturated heterocycles. The maximum absolute atomic E-state index is 8.78. The molecule has 0 spiro atoms. The van der Waals surface area contributed by atoms with Gasteiger partial charge in [0.1, 0.15) is 11.2 Å². The van der Waals surface area contributed by atoms with E-state index < -0.39 is 18.1 Å². The van der Waals surface area contributed by atoms with E-state index in [0.29, 0.717) is 33.9 Å². The minimum atomic E-state index is -0.482. The van der Waals surface area contributed by atoms with Gasteiger partial charge in [-0.1, -0.05) is 103 Å². The van der Waals surface area contributed by atoms with E-state index in [-0.39, 0.29) is 23.5 Å². The second-order valence-electron chi connectivity index (χ2n) is 12.4. The number of hydrogen-bond acceptors (Lipinski definition) is 5. The highest BCUT2D eigenvalue weighted by molar-refractivity contribution is 7.25. The third kappa shape index (κ3) is 4.37. The molecule has 4 heterocycles. The van der Waals surface area contributed by atoms with Crippen LogP contribution in [0.3, 0.4) is 0 Å². The Labute approximate surface area is 302 Å². The van der Waals surface area contributed by atoms with Crippen LogP contribution in [-0.2, 0) is 0 Å². The van der Waals surface area contributed by atoms with Gasteiger partial charge in [0.15, 0.2) is 17.5 Å². The minimum absolute atomic E-state index is 0.0158. The predicted octanol–water partition coefficient (Wildman–Crippen LogP) is 12.2. The van der Waals surface area contributed by atoms with Crippen LogP contribution in [0.25, 0.3) is 104 Å². The van der Waals surface area contributed by atoms with Crippen LogP contribution in [0.2, 0.25) is 0 Å². The number of furan rings is 1. The van der Waals surface area contributed by atoms with Gasteiger partial charge < -0.3 is 8.98 Å². The van der Waals surface area contributed by atoms with E-state index in [9.17, 15) is 0 Å². The quantitative estimate of drug-likeness (QED) is 0.186. The van der Waals surface area contributed by atoms with Gasteiger partial charge in [-0.25, -0.2) is 15.0 Å². The van der Waals surface area contributed by atoms with Crippen molar-refractivity contribution in [3.63, 3.8) is 0 Å². The molecule has 0 radical (unpaired) electrons. The van der Waals surface area contributed by atoms with E-state index >= 15 is 0 Å². The lowest BCUT2D eigenvalue weighted by atomic mass is 10.0. The highest BCUT2D eigenvalue weighted by Gasteiger charge is 2.19. The third-order valence-electron chi connectivity index (χ3n) is 9.55. The lowest BCUT2D eigenvalue weighted by Crippen LogP contribution is -2.00. The highest BCUT2D eigenvalue weighted by Crippen LogP contribution is 2.40. The molecule has 0 aliphatic rings. The number of benzene rings is 7. The molecule has 0 fully saturated rings. The summed E-state index contributed by atoms with van der Waals surface area (Å²) in [6.07, 6.45) is 0. The Kier molecular flexibility index (Phi) is 5.08. The Balaban J connectivity index is 1.12. The van der Waals surface area contributed by atoms with Crippen LogP contribution in [0.15, 0.2) is 162 Å². The summed E-state index contributed by atoms with van der Waals surface area (Å²) in [5.41, 5.74) is 6.02. The molecular formula is C45H26N4OS. The van der Waals surface area contributed by atoms with Gasteiger partial charge in [0, 0.05) is 64.1 Å². The molecule has 0 aliphatic heterocycles. The summed E-state index contributed by atoms with van der Waals surface area (Å²) in [6.45, 7) is 0. The van der Waals surface area contributed by atoms with E-state index in [2.05, 4.69) is 83.4 Å². The molecule has 0 unspecified atom stereocenters. The van der Waals surface area contributed by atoms with Crippen molar-refractivity contribution in [3.05, 3.63) is 158 Å². The third-order valence-corrected chi connectivity index (χ3v) is 10.7. The van der Waals surface area contributed by atoms with Crippen molar-refractivity contribution in [2.45, 2.75) is 0 Å². The fourth-order valence-electron chi connectivity index (χ4n) is 7.30. The van der Waals surface area contributed by atoms with Gasteiger partial charge in [0.2, 0.25) is 0 Å². The van der Waals surface area contributed by atoms with Crippen LogP contribution >= 0.6 is 11.3 Å². The van der Waals surface area contributed by atoms with Gasteiger partial charge in [-0.05, 0) is 54.6 Å². The van der Waals surface area contributed by atoms with Crippen molar-refractivity contribution in [1.29, 1.82) is 0 Å². The van der Waals surface area contributed by atoms with Crippen molar-refractivity contribution in [2.24, 2.45) is 0 Å². The Morgan fingerprint density at radius 1 is 0.510 bits per heavy atom.